The monoisotopic (exact) mass is 191 g/mol. The van der Waals surface area contributed by atoms with E-state index in [-0.39, 0.29) is 0 Å². The first-order valence-electron chi connectivity index (χ1n) is 5.28. The predicted molar refractivity (Wildman–Crippen MR) is 58.2 cm³/mol. The fourth-order valence-corrected chi connectivity index (χ4v) is 1.77. The van der Waals surface area contributed by atoms with Crippen LogP contribution in [0.25, 0.3) is 0 Å². The Hall–Kier alpha value is -1.02. The number of benzene rings is 1. The number of nitrogen functional groups attached to an aromatic ring is 1. The van der Waals surface area contributed by atoms with E-state index < -0.39 is 0 Å². The minimum Gasteiger partial charge on any atom is -0.398 e. The van der Waals surface area contributed by atoms with Crippen LogP contribution in [-0.4, -0.2) is 6.61 Å². The third-order valence-electron chi connectivity index (χ3n) is 2.72. The van der Waals surface area contributed by atoms with Crippen molar-refractivity contribution >= 4 is 5.69 Å². The van der Waals surface area contributed by atoms with Gasteiger partial charge in [-0.05, 0) is 37.3 Å². The van der Waals surface area contributed by atoms with E-state index in [9.17, 15) is 0 Å². The predicted octanol–water partition coefficient (Wildman–Crippen LogP) is 2.68. The molecule has 2 nitrogen and oxygen atoms in total. The first-order chi connectivity index (χ1) is 6.83. The molecule has 76 valence electrons. The lowest BCUT2D eigenvalue weighted by Gasteiger charge is -2.11. The normalized spacial score (nSPS) is 15.8. The molecule has 0 saturated heterocycles. The Morgan fingerprint density at radius 3 is 2.86 bits per heavy atom. The molecule has 14 heavy (non-hydrogen) atoms. The Morgan fingerprint density at radius 1 is 1.43 bits per heavy atom. The lowest BCUT2D eigenvalue weighted by atomic mass is 10.0. The summed E-state index contributed by atoms with van der Waals surface area (Å²) in [5, 5.41) is 0. The molecule has 0 aliphatic heterocycles. The number of ether oxygens (including phenoxy) is 1. The molecule has 0 unspecified atom stereocenters. The number of anilines is 1. The summed E-state index contributed by atoms with van der Waals surface area (Å²) in [5.41, 5.74) is 9.43. The second-order valence-electron chi connectivity index (χ2n) is 3.83. The van der Waals surface area contributed by atoms with Crippen molar-refractivity contribution in [1.29, 1.82) is 0 Å². The fourth-order valence-electron chi connectivity index (χ4n) is 1.77. The van der Waals surface area contributed by atoms with E-state index >= 15 is 0 Å². The Balaban J connectivity index is 2.23. The minimum atomic E-state index is 0.662. The van der Waals surface area contributed by atoms with Gasteiger partial charge < -0.3 is 10.5 Å². The molecule has 1 saturated carbocycles. The molecule has 2 N–H and O–H groups in total. The summed E-state index contributed by atoms with van der Waals surface area (Å²) in [5.74, 6) is 0.744. The van der Waals surface area contributed by atoms with Gasteiger partial charge in [0.2, 0.25) is 0 Å². The van der Waals surface area contributed by atoms with E-state index in [1.54, 1.807) is 0 Å². The van der Waals surface area contributed by atoms with Crippen molar-refractivity contribution in [3.8, 4) is 0 Å². The van der Waals surface area contributed by atoms with Gasteiger partial charge in [-0.3, -0.25) is 0 Å². The van der Waals surface area contributed by atoms with E-state index in [2.05, 4.69) is 6.07 Å². The van der Waals surface area contributed by atoms with E-state index in [1.165, 1.54) is 24.0 Å². The quantitative estimate of drug-likeness (QED) is 0.743. The molecule has 0 amide bonds. The van der Waals surface area contributed by atoms with Crippen LogP contribution in [0.2, 0.25) is 0 Å². The molecule has 0 radical (unpaired) electrons. The van der Waals surface area contributed by atoms with Gasteiger partial charge in [0.25, 0.3) is 0 Å². The fraction of sp³-hybridized carbons (Fsp3) is 0.500. The van der Waals surface area contributed by atoms with Crippen molar-refractivity contribution in [1.82, 2.24) is 0 Å². The Labute approximate surface area is 85.1 Å². The zero-order valence-electron chi connectivity index (χ0n) is 8.62. The second-order valence-corrected chi connectivity index (χ2v) is 3.83. The third kappa shape index (κ3) is 1.90. The molecule has 2 heteroatoms. The van der Waals surface area contributed by atoms with Crippen molar-refractivity contribution in [3.63, 3.8) is 0 Å². The lowest BCUT2D eigenvalue weighted by Crippen LogP contribution is -2.01. The number of nitrogens with two attached hydrogens (primary N) is 1. The van der Waals surface area contributed by atoms with Crippen molar-refractivity contribution in [2.75, 3.05) is 12.3 Å². The van der Waals surface area contributed by atoms with E-state index in [0.29, 0.717) is 6.61 Å². The standard InChI is InChI=1S/C12H17NO/c1-2-14-8-11-10(9-6-7-9)4-3-5-12(11)13/h3-5,9H,2,6-8,13H2,1H3. The molecule has 1 aliphatic rings. The zero-order chi connectivity index (χ0) is 9.97. The number of hydrogen-bond donors (Lipinski definition) is 1. The largest absolute Gasteiger partial charge is 0.398 e. The summed E-state index contributed by atoms with van der Waals surface area (Å²) < 4.78 is 5.44. The molecule has 1 aliphatic carbocycles. The average Bonchev–Trinajstić information content (AvgIpc) is 2.99. The van der Waals surface area contributed by atoms with Crippen molar-refractivity contribution in [2.45, 2.75) is 32.3 Å². The minimum absolute atomic E-state index is 0.662. The van der Waals surface area contributed by atoms with Gasteiger partial charge in [-0.2, -0.15) is 0 Å². The summed E-state index contributed by atoms with van der Waals surface area (Å²) >= 11 is 0. The summed E-state index contributed by atoms with van der Waals surface area (Å²) in [6, 6.07) is 6.18. The highest BCUT2D eigenvalue weighted by Crippen LogP contribution is 2.42. The molecule has 0 atom stereocenters. The zero-order valence-corrected chi connectivity index (χ0v) is 8.62. The molecule has 0 bridgehead atoms. The second kappa shape index (κ2) is 4.01. The van der Waals surface area contributed by atoms with Crippen LogP contribution < -0.4 is 5.73 Å². The third-order valence-corrected chi connectivity index (χ3v) is 2.72. The maximum atomic E-state index is 5.95. The summed E-state index contributed by atoms with van der Waals surface area (Å²) in [6.45, 7) is 3.42. The average molecular weight is 191 g/mol. The highest BCUT2D eigenvalue weighted by molar-refractivity contribution is 5.52. The van der Waals surface area contributed by atoms with Crippen molar-refractivity contribution in [2.24, 2.45) is 0 Å². The SMILES string of the molecule is CCOCc1c(N)cccc1C1CC1. The van der Waals surface area contributed by atoms with Crippen LogP contribution in [0.15, 0.2) is 18.2 Å². The maximum absolute atomic E-state index is 5.95. The van der Waals surface area contributed by atoms with Gasteiger partial charge >= 0.3 is 0 Å². The summed E-state index contributed by atoms with van der Waals surface area (Å²) in [4.78, 5) is 0. The van der Waals surface area contributed by atoms with E-state index in [4.69, 9.17) is 10.5 Å². The molecule has 0 spiro atoms. The molecular weight excluding hydrogens is 174 g/mol. The first-order valence-corrected chi connectivity index (χ1v) is 5.28. The van der Waals surface area contributed by atoms with Gasteiger partial charge in [-0.1, -0.05) is 12.1 Å². The summed E-state index contributed by atoms with van der Waals surface area (Å²) in [7, 11) is 0. The highest BCUT2D eigenvalue weighted by atomic mass is 16.5. The number of rotatable bonds is 4. The van der Waals surface area contributed by atoms with Crippen LogP contribution in [0.3, 0.4) is 0 Å². The van der Waals surface area contributed by atoms with Gasteiger partial charge in [0.1, 0.15) is 0 Å². The summed E-state index contributed by atoms with van der Waals surface area (Å²) in [6.07, 6.45) is 2.62. The van der Waals surface area contributed by atoms with Gasteiger partial charge in [-0.25, -0.2) is 0 Å². The molecule has 0 aromatic heterocycles. The number of hydrogen-bond acceptors (Lipinski definition) is 2. The van der Waals surface area contributed by atoms with Gasteiger partial charge in [0, 0.05) is 17.9 Å². The smallest absolute Gasteiger partial charge is 0.0739 e. The molecule has 0 heterocycles. The van der Waals surface area contributed by atoms with E-state index in [0.717, 1.165) is 18.2 Å². The molecule has 1 fully saturated rings. The highest BCUT2D eigenvalue weighted by Gasteiger charge is 2.26. The topological polar surface area (TPSA) is 35.2 Å². The van der Waals surface area contributed by atoms with Crippen LogP contribution in [0.4, 0.5) is 5.69 Å². The Kier molecular flexibility index (Phi) is 2.73. The van der Waals surface area contributed by atoms with Crippen LogP contribution in [-0.2, 0) is 11.3 Å². The van der Waals surface area contributed by atoms with Crippen LogP contribution in [0.1, 0.15) is 36.8 Å². The molecule has 1 aromatic carbocycles. The van der Waals surface area contributed by atoms with Crippen LogP contribution in [0, 0.1) is 0 Å². The van der Waals surface area contributed by atoms with Gasteiger partial charge in [0.15, 0.2) is 0 Å². The van der Waals surface area contributed by atoms with Gasteiger partial charge in [-0.15, -0.1) is 0 Å². The van der Waals surface area contributed by atoms with Crippen LogP contribution >= 0.6 is 0 Å². The van der Waals surface area contributed by atoms with Crippen LogP contribution in [0.5, 0.6) is 0 Å². The van der Waals surface area contributed by atoms with Crippen molar-refractivity contribution in [3.05, 3.63) is 29.3 Å². The van der Waals surface area contributed by atoms with E-state index in [1.807, 2.05) is 19.1 Å². The van der Waals surface area contributed by atoms with Gasteiger partial charge in [0.05, 0.1) is 6.61 Å². The Morgan fingerprint density at radius 2 is 2.21 bits per heavy atom. The molecular formula is C12H17NO. The van der Waals surface area contributed by atoms with Crippen molar-refractivity contribution < 1.29 is 4.74 Å². The lowest BCUT2D eigenvalue weighted by molar-refractivity contribution is 0.134. The maximum Gasteiger partial charge on any atom is 0.0739 e. The molecule has 2 rings (SSSR count). The Bertz CT molecular complexity index is 318. The first kappa shape index (κ1) is 9.53. The molecule has 1 aromatic rings.